The minimum atomic E-state index is -0.236. The lowest BCUT2D eigenvalue weighted by atomic mass is 10.2. The zero-order valence-electron chi connectivity index (χ0n) is 13.8. The number of methoxy groups -OCH3 is 1. The summed E-state index contributed by atoms with van der Waals surface area (Å²) in [5, 5.41) is 10.9. The van der Waals surface area contributed by atoms with Gasteiger partial charge in [0.05, 0.1) is 12.6 Å². The minimum Gasteiger partial charge on any atom is -0.383 e. The summed E-state index contributed by atoms with van der Waals surface area (Å²) in [7, 11) is 3.42. The Balaban J connectivity index is 1.92. The number of hydrogen-bond donors (Lipinski definition) is 1. The van der Waals surface area contributed by atoms with Crippen LogP contribution in [0.5, 0.6) is 0 Å². The fraction of sp³-hybridized carbons (Fsp3) is 0.438. The quantitative estimate of drug-likeness (QED) is 0.845. The van der Waals surface area contributed by atoms with Crippen LogP contribution in [0.3, 0.4) is 0 Å². The first-order valence-electron chi connectivity index (χ1n) is 7.54. The summed E-state index contributed by atoms with van der Waals surface area (Å²) < 4.78 is 6.94. The highest BCUT2D eigenvalue weighted by Crippen LogP contribution is 2.10. The van der Waals surface area contributed by atoms with Crippen molar-refractivity contribution in [2.75, 3.05) is 20.8 Å². The van der Waals surface area contributed by atoms with E-state index in [1.807, 2.05) is 41.8 Å². The zero-order valence-corrected chi connectivity index (χ0v) is 13.8. The summed E-state index contributed by atoms with van der Waals surface area (Å²) in [6, 6.07) is 9.48. The molecule has 0 fully saturated rings. The highest BCUT2D eigenvalue weighted by molar-refractivity contribution is 5.74. The van der Waals surface area contributed by atoms with Crippen LogP contribution < -0.4 is 5.32 Å². The van der Waals surface area contributed by atoms with E-state index in [1.54, 1.807) is 25.4 Å². The largest absolute Gasteiger partial charge is 0.383 e. The molecule has 0 spiro atoms. The molecule has 1 atom stereocenters. The summed E-state index contributed by atoms with van der Waals surface area (Å²) in [5.74, 6) is 0.712. The number of carbonyl (C=O) groups is 1. The normalized spacial score (nSPS) is 12.0. The van der Waals surface area contributed by atoms with E-state index in [0.29, 0.717) is 25.5 Å². The molecule has 0 aliphatic carbocycles. The van der Waals surface area contributed by atoms with Gasteiger partial charge in [-0.05, 0) is 12.5 Å². The Hall–Kier alpha value is -2.41. The molecule has 7 heteroatoms. The van der Waals surface area contributed by atoms with Gasteiger partial charge >= 0.3 is 6.03 Å². The van der Waals surface area contributed by atoms with E-state index in [4.69, 9.17) is 4.74 Å². The maximum atomic E-state index is 12.3. The zero-order chi connectivity index (χ0) is 16.7. The molecule has 7 nitrogen and oxygen atoms in total. The van der Waals surface area contributed by atoms with Crippen LogP contribution in [0.4, 0.5) is 4.79 Å². The maximum Gasteiger partial charge on any atom is 0.318 e. The molecule has 1 aromatic heterocycles. The molecule has 0 unspecified atom stereocenters. The van der Waals surface area contributed by atoms with Crippen molar-refractivity contribution >= 4 is 6.03 Å². The van der Waals surface area contributed by atoms with Crippen LogP contribution in [0.25, 0.3) is 0 Å². The first-order valence-corrected chi connectivity index (χ1v) is 7.54. The number of nitrogens with zero attached hydrogens (tertiary/aromatic N) is 4. The van der Waals surface area contributed by atoms with Crippen molar-refractivity contribution in [3.05, 3.63) is 48.0 Å². The van der Waals surface area contributed by atoms with Crippen LogP contribution in [0.15, 0.2) is 36.7 Å². The molecular formula is C16H23N5O2. The summed E-state index contributed by atoms with van der Waals surface area (Å²) >= 11 is 0. The van der Waals surface area contributed by atoms with Crippen molar-refractivity contribution in [3.8, 4) is 0 Å². The van der Waals surface area contributed by atoms with Crippen LogP contribution in [0.2, 0.25) is 0 Å². The molecule has 0 radical (unpaired) electrons. The average molecular weight is 317 g/mol. The standard InChI is InChI=1S/C16H23N5O2/c1-13(15-19-17-12-21(15)9-10-23-3)18-16(22)20(2)11-14-7-5-4-6-8-14/h4-8,12-13H,9-11H2,1-3H3,(H,18,22)/t13-/m1/s1. The number of amides is 2. The monoisotopic (exact) mass is 317 g/mol. The molecule has 2 rings (SSSR count). The number of urea groups is 1. The Labute approximate surface area is 136 Å². The van der Waals surface area contributed by atoms with E-state index in [2.05, 4.69) is 15.5 Å². The highest BCUT2D eigenvalue weighted by atomic mass is 16.5. The van der Waals surface area contributed by atoms with Gasteiger partial charge in [0.1, 0.15) is 6.33 Å². The highest BCUT2D eigenvalue weighted by Gasteiger charge is 2.17. The maximum absolute atomic E-state index is 12.3. The molecule has 1 N–H and O–H groups in total. The summed E-state index contributed by atoms with van der Waals surface area (Å²) in [5.41, 5.74) is 1.08. The predicted molar refractivity (Wildman–Crippen MR) is 86.8 cm³/mol. The summed E-state index contributed by atoms with van der Waals surface area (Å²) in [4.78, 5) is 14.0. The third-order valence-corrected chi connectivity index (χ3v) is 3.52. The average Bonchev–Trinajstić information content (AvgIpc) is 3.02. The lowest BCUT2D eigenvalue weighted by Crippen LogP contribution is -2.39. The SMILES string of the molecule is COCCn1cnnc1[C@@H](C)NC(=O)N(C)Cc1ccccc1. The van der Waals surface area contributed by atoms with Crippen molar-refractivity contribution in [1.82, 2.24) is 25.0 Å². The molecule has 0 saturated heterocycles. The second kappa shape index (κ2) is 8.28. The van der Waals surface area contributed by atoms with Crippen LogP contribution in [0, 0.1) is 0 Å². The smallest absolute Gasteiger partial charge is 0.318 e. The second-order valence-corrected chi connectivity index (χ2v) is 5.39. The van der Waals surface area contributed by atoms with Crippen molar-refractivity contribution in [3.63, 3.8) is 0 Å². The van der Waals surface area contributed by atoms with Crippen LogP contribution in [0.1, 0.15) is 24.4 Å². The molecule has 0 aliphatic heterocycles. The van der Waals surface area contributed by atoms with Crippen LogP contribution >= 0.6 is 0 Å². The molecule has 2 amide bonds. The van der Waals surface area contributed by atoms with Gasteiger partial charge in [-0.3, -0.25) is 0 Å². The molecule has 0 bridgehead atoms. The van der Waals surface area contributed by atoms with Crippen LogP contribution in [-0.2, 0) is 17.8 Å². The van der Waals surface area contributed by atoms with E-state index in [1.165, 1.54) is 0 Å². The molecule has 0 saturated carbocycles. The number of nitrogens with one attached hydrogen (secondary N) is 1. The Morgan fingerprint density at radius 3 is 2.83 bits per heavy atom. The number of hydrogen-bond acceptors (Lipinski definition) is 4. The first kappa shape index (κ1) is 17.0. The van der Waals surface area contributed by atoms with Gasteiger partial charge in [0.2, 0.25) is 0 Å². The number of carbonyl (C=O) groups excluding carboxylic acids is 1. The molecule has 2 aromatic rings. The van der Waals surface area contributed by atoms with E-state index in [-0.39, 0.29) is 12.1 Å². The van der Waals surface area contributed by atoms with Gasteiger partial charge in [-0.1, -0.05) is 30.3 Å². The predicted octanol–water partition coefficient (Wildman–Crippen LogP) is 1.83. The molecule has 0 aliphatic rings. The minimum absolute atomic E-state index is 0.150. The lowest BCUT2D eigenvalue weighted by molar-refractivity contribution is 0.184. The fourth-order valence-electron chi connectivity index (χ4n) is 2.25. The fourth-order valence-corrected chi connectivity index (χ4v) is 2.25. The third-order valence-electron chi connectivity index (χ3n) is 3.52. The van der Waals surface area contributed by atoms with Crippen molar-refractivity contribution in [2.45, 2.75) is 26.1 Å². The molecular weight excluding hydrogens is 294 g/mol. The number of rotatable bonds is 7. The number of benzene rings is 1. The third kappa shape index (κ3) is 4.79. The first-order chi connectivity index (χ1) is 11.1. The number of ether oxygens (including phenoxy) is 1. The summed E-state index contributed by atoms with van der Waals surface area (Å²) in [6.07, 6.45) is 1.64. The van der Waals surface area contributed by atoms with Gasteiger partial charge in [-0.2, -0.15) is 0 Å². The van der Waals surface area contributed by atoms with Gasteiger partial charge in [-0.25, -0.2) is 4.79 Å². The Morgan fingerprint density at radius 1 is 1.39 bits per heavy atom. The second-order valence-electron chi connectivity index (χ2n) is 5.39. The van der Waals surface area contributed by atoms with Crippen LogP contribution in [-0.4, -0.2) is 46.5 Å². The van der Waals surface area contributed by atoms with E-state index < -0.39 is 0 Å². The van der Waals surface area contributed by atoms with Gasteiger partial charge in [0, 0.05) is 27.2 Å². The molecule has 23 heavy (non-hydrogen) atoms. The van der Waals surface area contributed by atoms with Crippen molar-refractivity contribution in [1.29, 1.82) is 0 Å². The topological polar surface area (TPSA) is 72.3 Å². The van der Waals surface area contributed by atoms with Gasteiger partial charge in [-0.15, -0.1) is 10.2 Å². The number of aromatic nitrogens is 3. The Bertz CT molecular complexity index is 614. The van der Waals surface area contributed by atoms with Gasteiger partial charge in [0.25, 0.3) is 0 Å². The van der Waals surface area contributed by atoms with E-state index >= 15 is 0 Å². The van der Waals surface area contributed by atoms with Gasteiger partial charge < -0.3 is 19.5 Å². The lowest BCUT2D eigenvalue weighted by Gasteiger charge is -2.21. The Kier molecular flexibility index (Phi) is 6.10. The summed E-state index contributed by atoms with van der Waals surface area (Å²) in [6.45, 7) is 3.66. The van der Waals surface area contributed by atoms with E-state index in [9.17, 15) is 4.79 Å². The Morgan fingerprint density at radius 2 is 2.13 bits per heavy atom. The van der Waals surface area contributed by atoms with Gasteiger partial charge in [0.15, 0.2) is 5.82 Å². The molecule has 124 valence electrons. The van der Waals surface area contributed by atoms with Crippen molar-refractivity contribution < 1.29 is 9.53 Å². The van der Waals surface area contributed by atoms with Crippen molar-refractivity contribution in [2.24, 2.45) is 0 Å². The molecule has 1 aromatic carbocycles. The van der Waals surface area contributed by atoms with E-state index in [0.717, 1.165) is 5.56 Å². The molecule has 1 heterocycles.